The van der Waals surface area contributed by atoms with E-state index < -0.39 is 18.6 Å². The highest BCUT2D eigenvalue weighted by atomic mass is 32.1. The number of amides is 1. The fraction of sp³-hybridized carbons (Fsp3) is 0.150. The number of benzene rings is 1. The molecule has 4 rings (SSSR count). The molecular formula is C20H17FN4O3S. The maximum atomic E-state index is 13.1. The molecule has 3 heterocycles. The number of hydrogen-bond acceptors (Lipinski definition) is 6. The Balaban J connectivity index is 1.56. The summed E-state index contributed by atoms with van der Waals surface area (Å²) < 4.78 is 13.1. The van der Waals surface area contributed by atoms with Crippen LogP contribution in [0.25, 0.3) is 33.5 Å². The van der Waals surface area contributed by atoms with Crippen LogP contribution in [0, 0.1) is 5.82 Å². The molecule has 0 fully saturated rings. The first-order chi connectivity index (χ1) is 14.0. The molecule has 0 aliphatic carbocycles. The van der Waals surface area contributed by atoms with Crippen molar-refractivity contribution in [3.8, 4) is 22.5 Å². The van der Waals surface area contributed by atoms with Crippen LogP contribution in [0.1, 0.15) is 9.80 Å². The number of pyridine rings is 1. The zero-order chi connectivity index (χ0) is 20.4. The largest absolute Gasteiger partial charge is 0.394 e. The smallest absolute Gasteiger partial charge is 0.280 e. The number of carbonyl (C=O) groups excluding carboxylic acids is 1. The summed E-state index contributed by atoms with van der Waals surface area (Å²) in [7, 11) is 0. The average Bonchev–Trinajstić information content (AvgIpc) is 3.39. The van der Waals surface area contributed by atoms with Gasteiger partial charge in [-0.3, -0.25) is 4.79 Å². The lowest BCUT2D eigenvalue weighted by Crippen LogP contribution is -2.33. The molecule has 4 aromatic rings. The third-order valence-corrected chi connectivity index (χ3v) is 5.17. The minimum Gasteiger partial charge on any atom is -0.394 e. The van der Waals surface area contributed by atoms with E-state index in [4.69, 9.17) is 5.11 Å². The SMILES string of the molecule is O=C(NC[C@@H](O)CO)c1nc(-c2cnc3[nH]c(-c4ccc(F)cc4)cc3c2)cs1. The Kier molecular flexibility index (Phi) is 5.34. The third-order valence-electron chi connectivity index (χ3n) is 4.33. The molecule has 7 nitrogen and oxygen atoms in total. The maximum absolute atomic E-state index is 13.1. The van der Waals surface area contributed by atoms with Crippen LogP contribution in [0.3, 0.4) is 0 Å². The Morgan fingerprint density at radius 3 is 2.79 bits per heavy atom. The van der Waals surface area contributed by atoms with E-state index in [1.165, 1.54) is 23.5 Å². The van der Waals surface area contributed by atoms with Gasteiger partial charge in [0.05, 0.1) is 18.4 Å². The molecule has 29 heavy (non-hydrogen) atoms. The van der Waals surface area contributed by atoms with Crippen molar-refractivity contribution >= 4 is 28.3 Å². The summed E-state index contributed by atoms with van der Waals surface area (Å²) in [6.45, 7) is -0.473. The summed E-state index contributed by atoms with van der Waals surface area (Å²) >= 11 is 1.18. The number of fused-ring (bicyclic) bond motifs is 1. The second kappa shape index (κ2) is 8.08. The molecule has 0 aliphatic heterocycles. The lowest BCUT2D eigenvalue weighted by molar-refractivity contribution is 0.0802. The van der Waals surface area contributed by atoms with Gasteiger partial charge >= 0.3 is 0 Å². The van der Waals surface area contributed by atoms with Gasteiger partial charge in [0.1, 0.15) is 11.5 Å². The van der Waals surface area contributed by atoms with E-state index in [9.17, 15) is 14.3 Å². The van der Waals surface area contributed by atoms with Crippen molar-refractivity contribution in [1.29, 1.82) is 0 Å². The van der Waals surface area contributed by atoms with Crippen molar-refractivity contribution in [3.05, 3.63) is 58.8 Å². The highest BCUT2D eigenvalue weighted by Gasteiger charge is 2.14. The van der Waals surface area contributed by atoms with E-state index >= 15 is 0 Å². The van der Waals surface area contributed by atoms with Crippen molar-refractivity contribution in [2.45, 2.75) is 6.10 Å². The predicted octanol–water partition coefficient (Wildman–Crippen LogP) is 2.58. The van der Waals surface area contributed by atoms with Gasteiger partial charge in [-0.05, 0) is 42.0 Å². The van der Waals surface area contributed by atoms with Crippen molar-refractivity contribution in [1.82, 2.24) is 20.3 Å². The van der Waals surface area contributed by atoms with Gasteiger partial charge in [-0.2, -0.15) is 0 Å². The number of carbonyl (C=O) groups is 1. The van der Waals surface area contributed by atoms with Crippen LogP contribution in [0.5, 0.6) is 0 Å². The van der Waals surface area contributed by atoms with Crippen LogP contribution in [-0.2, 0) is 0 Å². The number of nitrogens with zero attached hydrogens (tertiary/aromatic N) is 2. The van der Waals surface area contributed by atoms with Gasteiger partial charge in [-0.15, -0.1) is 11.3 Å². The van der Waals surface area contributed by atoms with E-state index in [0.29, 0.717) is 11.3 Å². The van der Waals surface area contributed by atoms with Crippen molar-refractivity contribution in [2.24, 2.45) is 0 Å². The number of rotatable bonds is 6. The maximum Gasteiger partial charge on any atom is 0.280 e. The first kappa shape index (κ1) is 19.2. The van der Waals surface area contributed by atoms with Gasteiger partial charge in [0.25, 0.3) is 5.91 Å². The lowest BCUT2D eigenvalue weighted by atomic mass is 10.1. The monoisotopic (exact) mass is 412 g/mol. The molecule has 1 aromatic carbocycles. The zero-order valence-electron chi connectivity index (χ0n) is 15.1. The Bertz CT molecular complexity index is 1160. The van der Waals surface area contributed by atoms with Gasteiger partial charge in [0.2, 0.25) is 0 Å². The van der Waals surface area contributed by atoms with E-state index in [0.717, 1.165) is 22.2 Å². The quantitative estimate of drug-likeness (QED) is 0.389. The fourth-order valence-corrected chi connectivity index (χ4v) is 3.54. The Morgan fingerprint density at radius 2 is 2.03 bits per heavy atom. The average molecular weight is 412 g/mol. The Morgan fingerprint density at radius 1 is 1.24 bits per heavy atom. The molecule has 9 heteroatoms. The first-order valence-corrected chi connectivity index (χ1v) is 9.69. The minimum absolute atomic E-state index is 0.0483. The Hall–Kier alpha value is -3.14. The number of halogens is 1. The number of aliphatic hydroxyl groups is 2. The second-order valence-corrected chi connectivity index (χ2v) is 7.29. The van der Waals surface area contributed by atoms with Crippen LogP contribution in [-0.4, -0.2) is 50.3 Å². The number of thiazole rings is 1. The molecule has 1 amide bonds. The third kappa shape index (κ3) is 4.16. The normalized spacial score (nSPS) is 12.2. The molecule has 0 bridgehead atoms. The molecule has 0 aliphatic rings. The Labute approximate surface area is 168 Å². The molecule has 0 saturated heterocycles. The van der Waals surface area contributed by atoms with Crippen molar-refractivity contribution in [2.75, 3.05) is 13.2 Å². The van der Waals surface area contributed by atoms with Gasteiger partial charge in [-0.25, -0.2) is 14.4 Å². The van der Waals surface area contributed by atoms with Gasteiger partial charge < -0.3 is 20.5 Å². The number of aromatic amines is 1. The van der Waals surface area contributed by atoms with Crippen LogP contribution >= 0.6 is 11.3 Å². The number of hydrogen-bond donors (Lipinski definition) is 4. The van der Waals surface area contributed by atoms with Crippen LogP contribution in [0.15, 0.2) is 48.0 Å². The number of nitrogens with one attached hydrogen (secondary N) is 2. The van der Waals surface area contributed by atoms with Gasteiger partial charge in [0.15, 0.2) is 5.01 Å². The molecule has 3 aromatic heterocycles. The molecule has 4 N–H and O–H groups in total. The van der Waals surface area contributed by atoms with Crippen molar-refractivity contribution < 1.29 is 19.4 Å². The first-order valence-electron chi connectivity index (χ1n) is 8.81. The minimum atomic E-state index is -1.01. The summed E-state index contributed by atoms with van der Waals surface area (Å²) in [5.41, 5.74) is 3.74. The highest BCUT2D eigenvalue weighted by molar-refractivity contribution is 7.12. The van der Waals surface area contributed by atoms with E-state index in [1.807, 2.05) is 12.1 Å². The van der Waals surface area contributed by atoms with Crippen molar-refractivity contribution in [3.63, 3.8) is 0 Å². The van der Waals surface area contributed by atoms with E-state index in [-0.39, 0.29) is 17.4 Å². The van der Waals surface area contributed by atoms with Gasteiger partial charge in [0, 0.05) is 34.8 Å². The summed E-state index contributed by atoms with van der Waals surface area (Å²) in [6.07, 6.45) is 0.661. The fourth-order valence-electron chi connectivity index (χ4n) is 2.80. The molecule has 0 unspecified atom stereocenters. The molecule has 0 saturated carbocycles. The molecular weight excluding hydrogens is 395 g/mol. The second-order valence-electron chi connectivity index (χ2n) is 6.44. The molecule has 0 spiro atoms. The molecule has 1 atom stereocenters. The summed E-state index contributed by atoms with van der Waals surface area (Å²) in [4.78, 5) is 24.1. The number of aliphatic hydroxyl groups excluding tert-OH is 2. The highest BCUT2D eigenvalue weighted by Crippen LogP contribution is 2.28. The van der Waals surface area contributed by atoms with E-state index in [1.54, 1.807) is 23.7 Å². The lowest BCUT2D eigenvalue weighted by Gasteiger charge is -2.07. The van der Waals surface area contributed by atoms with Crippen LogP contribution in [0.4, 0.5) is 4.39 Å². The van der Waals surface area contributed by atoms with Gasteiger partial charge in [-0.1, -0.05) is 0 Å². The molecule has 148 valence electrons. The van der Waals surface area contributed by atoms with E-state index in [2.05, 4.69) is 20.3 Å². The summed E-state index contributed by atoms with van der Waals surface area (Å²) in [5, 5.41) is 23.5. The molecule has 0 radical (unpaired) electrons. The zero-order valence-corrected chi connectivity index (χ0v) is 15.9. The summed E-state index contributed by atoms with van der Waals surface area (Å²) in [5.74, 6) is -0.706. The number of H-pyrrole nitrogens is 1. The van der Waals surface area contributed by atoms with Crippen LogP contribution in [0.2, 0.25) is 0 Å². The standard InChI is InChI=1S/C20H17FN4O3S/c21-14-3-1-11(2-4-14)16-6-12-5-13(7-22-18(12)24-16)17-10-29-20(25-17)19(28)23-8-15(27)9-26/h1-7,10,15,26-27H,8-9H2,(H,22,24)(H,23,28)/t15-/m1/s1. The topological polar surface area (TPSA) is 111 Å². The predicted molar refractivity (Wildman–Crippen MR) is 108 cm³/mol. The van der Waals surface area contributed by atoms with Crippen LogP contribution < -0.4 is 5.32 Å². The number of aromatic nitrogens is 3. The summed E-state index contributed by atoms with van der Waals surface area (Å²) in [6, 6.07) is 10.0.